The molecule has 0 bridgehead atoms. The third-order valence-corrected chi connectivity index (χ3v) is 3.03. The zero-order valence-corrected chi connectivity index (χ0v) is 10.1. The van der Waals surface area contributed by atoms with Crippen molar-refractivity contribution in [2.45, 2.75) is 20.3 Å². The lowest BCUT2D eigenvalue weighted by Crippen LogP contribution is -1.99. The average molecular weight is 228 g/mol. The molecule has 0 aliphatic carbocycles. The van der Waals surface area contributed by atoms with E-state index in [0.29, 0.717) is 17.9 Å². The first-order valence-corrected chi connectivity index (χ1v) is 6.36. The Balaban J connectivity index is 2.28. The molecule has 0 unspecified atom stereocenters. The van der Waals surface area contributed by atoms with Crippen LogP contribution in [0.15, 0.2) is 18.2 Å². The van der Waals surface area contributed by atoms with E-state index >= 15 is 0 Å². The molecule has 0 heterocycles. The van der Waals surface area contributed by atoms with Gasteiger partial charge in [-0.3, -0.25) is 0 Å². The largest absolute Gasteiger partial charge is 0.493 e. The summed E-state index contributed by atoms with van der Waals surface area (Å²) in [7, 11) is 0. The zero-order chi connectivity index (χ0) is 11.1. The number of ether oxygens (including phenoxy) is 1. The molecule has 0 radical (unpaired) electrons. The highest BCUT2D eigenvalue weighted by atomic mass is 32.2. The van der Waals surface area contributed by atoms with Gasteiger partial charge in [-0.25, -0.2) is 4.39 Å². The van der Waals surface area contributed by atoms with E-state index in [2.05, 4.69) is 6.92 Å². The van der Waals surface area contributed by atoms with Crippen molar-refractivity contribution in [2.75, 3.05) is 18.1 Å². The first-order chi connectivity index (χ1) is 7.24. The summed E-state index contributed by atoms with van der Waals surface area (Å²) >= 11 is 1.89. The number of rotatable bonds is 6. The molecule has 3 heteroatoms. The van der Waals surface area contributed by atoms with Crippen molar-refractivity contribution in [1.82, 2.24) is 0 Å². The molecule has 0 saturated carbocycles. The van der Waals surface area contributed by atoms with Gasteiger partial charge in [0.1, 0.15) is 11.6 Å². The molecule has 0 aromatic heterocycles. The van der Waals surface area contributed by atoms with E-state index in [1.54, 1.807) is 13.0 Å². The normalized spacial score (nSPS) is 10.3. The van der Waals surface area contributed by atoms with Crippen LogP contribution in [0.5, 0.6) is 5.75 Å². The van der Waals surface area contributed by atoms with Crippen molar-refractivity contribution in [3.63, 3.8) is 0 Å². The fourth-order valence-corrected chi connectivity index (χ4v) is 1.77. The van der Waals surface area contributed by atoms with Gasteiger partial charge in [-0.2, -0.15) is 11.8 Å². The molecule has 0 saturated heterocycles. The van der Waals surface area contributed by atoms with Crippen LogP contribution in [0.4, 0.5) is 4.39 Å². The van der Waals surface area contributed by atoms with Gasteiger partial charge in [0.15, 0.2) is 0 Å². The predicted molar refractivity (Wildman–Crippen MR) is 64.2 cm³/mol. The van der Waals surface area contributed by atoms with E-state index in [1.165, 1.54) is 6.07 Å². The second-order valence-corrected chi connectivity index (χ2v) is 4.70. The van der Waals surface area contributed by atoms with Crippen LogP contribution in [0.25, 0.3) is 0 Å². The molecule has 0 aliphatic heterocycles. The Morgan fingerprint density at radius 2 is 2.20 bits per heavy atom. The van der Waals surface area contributed by atoms with Crippen LogP contribution in [-0.4, -0.2) is 18.1 Å². The first kappa shape index (κ1) is 12.4. The van der Waals surface area contributed by atoms with Gasteiger partial charge < -0.3 is 4.74 Å². The fraction of sp³-hybridized carbons (Fsp3) is 0.500. The molecule has 0 N–H and O–H groups in total. The summed E-state index contributed by atoms with van der Waals surface area (Å²) in [4.78, 5) is 0. The highest BCUT2D eigenvalue weighted by Gasteiger charge is 1.99. The van der Waals surface area contributed by atoms with Crippen LogP contribution in [0.2, 0.25) is 0 Å². The minimum Gasteiger partial charge on any atom is -0.493 e. The van der Waals surface area contributed by atoms with E-state index in [9.17, 15) is 4.39 Å². The maximum absolute atomic E-state index is 13.1. The molecule has 0 spiro atoms. The zero-order valence-electron chi connectivity index (χ0n) is 9.25. The van der Waals surface area contributed by atoms with Crippen molar-refractivity contribution >= 4 is 11.8 Å². The summed E-state index contributed by atoms with van der Waals surface area (Å²) in [5.74, 6) is 2.67. The maximum Gasteiger partial charge on any atom is 0.129 e. The number of thioether (sulfide) groups is 1. The number of hydrogen-bond donors (Lipinski definition) is 0. The van der Waals surface area contributed by atoms with E-state index in [4.69, 9.17) is 4.74 Å². The van der Waals surface area contributed by atoms with Crippen LogP contribution < -0.4 is 4.74 Å². The number of aryl methyl sites for hydroxylation is 1. The Kier molecular flexibility index (Phi) is 5.54. The van der Waals surface area contributed by atoms with Crippen LogP contribution >= 0.6 is 11.8 Å². The van der Waals surface area contributed by atoms with Crippen LogP contribution in [0, 0.1) is 12.7 Å². The Labute approximate surface area is 95.0 Å². The predicted octanol–water partition coefficient (Wildman–Crippen LogP) is 3.66. The van der Waals surface area contributed by atoms with Crippen molar-refractivity contribution in [1.29, 1.82) is 0 Å². The van der Waals surface area contributed by atoms with Gasteiger partial charge in [-0.05, 0) is 36.5 Å². The lowest BCUT2D eigenvalue weighted by atomic mass is 10.2. The summed E-state index contributed by atoms with van der Waals surface area (Å²) < 4.78 is 18.6. The average Bonchev–Trinajstić information content (AvgIpc) is 2.23. The number of hydrogen-bond acceptors (Lipinski definition) is 2. The lowest BCUT2D eigenvalue weighted by Gasteiger charge is -2.06. The minimum atomic E-state index is -0.199. The Morgan fingerprint density at radius 1 is 1.40 bits per heavy atom. The molecule has 1 aromatic carbocycles. The molecule has 0 fully saturated rings. The van der Waals surface area contributed by atoms with Gasteiger partial charge in [-0.15, -0.1) is 0 Å². The van der Waals surface area contributed by atoms with Crippen molar-refractivity contribution in [3.8, 4) is 5.75 Å². The second kappa shape index (κ2) is 6.72. The van der Waals surface area contributed by atoms with Gasteiger partial charge in [0.05, 0.1) is 6.61 Å². The van der Waals surface area contributed by atoms with Crippen molar-refractivity contribution in [2.24, 2.45) is 0 Å². The molecule has 15 heavy (non-hydrogen) atoms. The fourth-order valence-electron chi connectivity index (χ4n) is 1.16. The Bertz CT molecular complexity index is 302. The number of benzene rings is 1. The Hall–Kier alpha value is -0.700. The molecular weight excluding hydrogens is 211 g/mol. The van der Waals surface area contributed by atoms with Crippen molar-refractivity contribution < 1.29 is 9.13 Å². The van der Waals surface area contributed by atoms with Gasteiger partial charge >= 0.3 is 0 Å². The highest BCUT2D eigenvalue weighted by Crippen LogP contribution is 2.16. The van der Waals surface area contributed by atoms with Crippen molar-refractivity contribution in [3.05, 3.63) is 29.6 Å². The number of halogens is 1. The van der Waals surface area contributed by atoms with Gasteiger partial charge in [0, 0.05) is 6.07 Å². The molecule has 0 amide bonds. The van der Waals surface area contributed by atoms with E-state index in [0.717, 1.165) is 17.9 Å². The maximum atomic E-state index is 13.1. The van der Waals surface area contributed by atoms with Gasteiger partial charge in [0.25, 0.3) is 0 Å². The monoisotopic (exact) mass is 228 g/mol. The Morgan fingerprint density at radius 3 is 2.87 bits per heavy atom. The van der Waals surface area contributed by atoms with Gasteiger partial charge in [-0.1, -0.05) is 13.0 Å². The van der Waals surface area contributed by atoms with E-state index < -0.39 is 0 Å². The molecule has 1 aromatic rings. The lowest BCUT2D eigenvalue weighted by molar-refractivity contribution is 0.317. The standard InChI is InChI=1S/C12H17FOS/c1-3-15-8-4-7-14-11-6-5-10(2)12(13)9-11/h5-6,9H,3-4,7-8H2,1-2H3. The van der Waals surface area contributed by atoms with E-state index in [-0.39, 0.29) is 5.82 Å². The van der Waals surface area contributed by atoms with Crippen LogP contribution in [0.1, 0.15) is 18.9 Å². The van der Waals surface area contributed by atoms with Crippen LogP contribution in [0.3, 0.4) is 0 Å². The summed E-state index contributed by atoms with van der Waals surface area (Å²) in [5, 5.41) is 0. The summed E-state index contributed by atoms with van der Waals surface area (Å²) in [6.07, 6.45) is 1.01. The smallest absolute Gasteiger partial charge is 0.129 e. The molecule has 1 nitrogen and oxygen atoms in total. The van der Waals surface area contributed by atoms with Crippen LogP contribution in [-0.2, 0) is 0 Å². The summed E-state index contributed by atoms with van der Waals surface area (Å²) in [6.45, 7) is 4.55. The molecule has 84 valence electrons. The highest BCUT2D eigenvalue weighted by molar-refractivity contribution is 7.99. The molecular formula is C12H17FOS. The summed E-state index contributed by atoms with van der Waals surface area (Å²) in [5.41, 5.74) is 0.656. The molecule has 1 rings (SSSR count). The quantitative estimate of drug-likeness (QED) is 0.687. The van der Waals surface area contributed by atoms with Gasteiger partial charge in [0.2, 0.25) is 0 Å². The van der Waals surface area contributed by atoms with E-state index in [1.807, 2.05) is 17.8 Å². The second-order valence-electron chi connectivity index (χ2n) is 3.31. The molecule has 0 aliphatic rings. The summed E-state index contributed by atoms with van der Waals surface area (Å²) in [6, 6.07) is 5.00. The molecule has 0 atom stereocenters. The SMILES string of the molecule is CCSCCCOc1ccc(C)c(F)c1. The third-order valence-electron chi connectivity index (χ3n) is 2.05. The minimum absolute atomic E-state index is 0.199. The first-order valence-electron chi connectivity index (χ1n) is 5.20. The third kappa shape index (κ3) is 4.56. The topological polar surface area (TPSA) is 9.23 Å².